The molecule has 0 radical (unpaired) electrons. The van der Waals surface area contributed by atoms with Crippen molar-refractivity contribution in [1.82, 2.24) is 0 Å². The largest absolute Gasteiger partial charge is 0.369 e. The average molecular weight is 237 g/mol. The smallest absolute Gasteiger partial charge is 0.227 e. The zero-order valence-corrected chi connectivity index (χ0v) is 10.3. The van der Waals surface area contributed by atoms with Crippen molar-refractivity contribution in [3.8, 4) is 0 Å². The molecule has 0 aliphatic heterocycles. The van der Waals surface area contributed by atoms with E-state index in [1.165, 1.54) is 24.8 Å². The number of thioether (sulfide) groups is 1. The molecule has 0 fully saturated rings. The fourth-order valence-electron chi connectivity index (χ4n) is 1.53. The topological polar surface area (TPSA) is 43.1 Å². The molecule has 0 saturated carbocycles. The lowest BCUT2D eigenvalue weighted by Crippen LogP contribution is -2.13. The maximum Gasteiger partial charge on any atom is 0.227 e. The minimum absolute atomic E-state index is 0.214. The van der Waals surface area contributed by atoms with Crippen LogP contribution in [0.25, 0.3) is 0 Å². The predicted molar refractivity (Wildman–Crippen MR) is 70.5 cm³/mol. The van der Waals surface area contributed by atoms with Crippen LogP contribution in [0.1, 0.15) is 24.8 Å². The van der Waals surface area contributed by atoms with Crippen molar-refractivity contribution in [2.75, 3.05) is 11.5 Å². The number of benzene rings is 1. The molecule has 88 valence electrons. The molecule has 0 bridgehead atoms. The highest BCUT2D eigenvalue weighted by Crippen LogP contribution is 2.09. The highest BCUT2D eigenvalue weighted by atomic mass is 32.2. The van der Waals surface area contributed by atoms with E-state index in [1.54, 1.807) is 11.8 Å². The second-order valence-corrected chi connectivity index (χ2v) is 4.92. The number of rotatable bonds is 8. The van der Waals surface area contributed by atoms with E-state index in [0.29, 0.717) is 5.75 Å². The Hall–Kier alpha value is -0.960. The molecular weight excluding hydrogens is 218 g/mol. The van der Waals surface area contributed by atoms with E-state index in [-0.39, 0.29) is 5.91 Å². The van der Waals surface area contributed by atoms with E-state index in [0.717, 1.165) is 12.2 Å². The van der Waals surface area contributed by atoms with Gasteiger partial charge in [-0.15, -0.1) is 0 Å². The zero-order chi connectivity index (χ0) is 11.6. The lowest BCUT2D eigenvalue weighted by molar-refractivity contribution is -0.115. The Labute approximate surface area is 102 Å². The molecule has 0 atom stereocenters. The fraction of sp³-hybridized carbons (Fsp3) is 0.462. The molecule has 0 unspecified atom stereocenters. The van der Waals surface area contributed by atoms with E-state index in [4.69, 9.17) is 5.73 Å². The number of carbonyl (C=O) groups excluding carboxylic acids is 1. The number of primary amides is 1. The van der Waals surface area contributed by atoms with Gasteiger partial charge in [0.25, 0.3) is 0 Å². The van der Waals surface area contributed by atoms with Gasteiger partial charge >= 0.3 is 0 Å². The molecule has 1 amide bonds. The number of aryl methyl sites for hydroxylation is 1. The third kappa shape index (κ3) is 6.51. The van der Waals surface area contributed by atoms with Gasteiger partial charge in [0.05, 0.1) is 5.75 Å². The van der Waals surface area contributed by atoms with Crippen LogP contribution >= 0.6 is 11.8 Å². The normalized spacial score (nSPS) is 10.2. The van der Waals surface area contributed by atoms with Gasteiger partial charge in [0.1, 0.15) is 0 Å². The Bertz CT molecular complexity index is 300. The number of amides is 1. The van der Waals surface area contributed by atoms with Crippen molar-refractivity contribution in [2.45, 2.75) is 25.7 Å². The van der Waals surface area contributed by atoms with Crippen LogP contribution in [-0.2, 0) is 11.2 Å². The Kier molecular flexibility index (Phi) is 6.74. The number of nitrogens with two attached hydrogens (primary N) is 1. The van der Waals surface area contributed by atoms with Crippen molar-refractivity contribution < 1.29 is 4.79 Å². The van der Waals surface area contributed by atoms with Crippen LogP contribution in [-0.4, -0.2) is 17.4 Å². The summed E-state index contributed by atoms with van der Waals surface area (Å²) in [4.78, 5) is 10.5. The Balaban J connectivity index is 1.94. The highest BCUT2D eigenvalue weighted by molar-refractivity contribution is 7.99. The van der Waals surface area contributed by atoms with Crippen LogP contribution in [0, 0.1) is 0 Å². The van der Waals surface area contributed by atoms with Gasteiger partial charge in [-0.25, -0.2) is 0 Å². The first-order chi connectivity index (χ1) is 7.79. The second kappa shape index (κ2) is 8.22. The summed E-state index contributed by atoms with van der Waals surface area (Å²) < 4.78 is 0. The molecule has 1 rings (SSSR count). The summed E-state index contributed by atoms with van der Waals surface area (Å²) in [6.45, 7) is 0. The molecule has 0 aliphatic carbocycles. The Morgan fingerprint density at radius 2 is 1.88 bits per heavy atom. The molecule has 0 aromatic heterocycles. The summed E-state index contributed by atoms with van der Waals surface area (Å²) in [5, 5.41) is 0. The summed E-state index contributed by atoms with van der Waals surface area (Å²) >= 11 is 1.63. The van der Waals surface area contributed by atoms with Crippen LogP contribution in [0.2, 0.25) is 0 Å². The first-order valence-electron chi connectivity index (χ1n) is 5.69. The zero-order valence-electron chi connectivity index (χ0n) is 9.52. The van der Waals surface area contributed by atoms with E-state index >= 15 is 0 Å². The van der Waals surface area contributed by atoms with Crippen LogP contribution in [0.15, 0.2) is 30.3 Å². The van der Waals surface area contributed by atoms with Crippen LogP contribution in [0.5, 0.6) is 0 Å². The maximum atomic E-state index is 10.5. The summed E-state index contributed by atoms with van der Waals surface area (Å²) in [7, 11) is 0. The number of unbranched alkanes of at least 4 members (excludes halogenated alkanes) is 2. The molecule has 0 spiro atoms. The van der Waals surface area contributed by atoms with Crippen LogP contribution in [0.3, 0.4) is 0 Å². The molecule has 2 nitrogen and oxygen atoms in total. The van der Waals surface area contributed by atoms with Gasteiger partial charge in [-0.05, 0) is 30.6 Å². The second-order valence-electron chi connectivity index (χ2n) is 3.82. The maximum absolute atomic E-state index is 10.5. The van der Waals surface area contributed by atoms with Crippen molar-refractivity contribution in [2.24, 2.45) is 5.73 Å². The van der Waals surface area contributed by atoms with Crippen molar-refractivity contribution in [3.63, 3.8) is 0 Å². The molecule has 1 aromatic carbocycles. The lowest BCUT2D eigenvalue weighted by atomic mass is 10.1. The quantitative estimate of drug-likeness (QED) is 0.706. The predicted octanol–water partition coefficient (Wildman–Crippen LogP) is 2.62. The van der Waals surface area contributed by atoms with Crippen molar-refractivity contribution in [3.05, 3.63) is 35.9 Å². The molecule has 0 aliphatic rings. The minimum atomic E-state index is -0.214. The first-order valence-corrected chi connectivity index (χ1v) is 6.84. The molecule has 0 saturated heterocycles. The number of carbonyl (C=O) groups is 1. The molecule has 0 heterocycles. The molecule has 1 aromatic rings. The third-order valence-corrected chi connectivity index (χ3v) is 3.41. The van der Waals surface area contributed by atoms with E-state index in [9.17, 15) is 4.79 Å². The summed E-state index contributed by atoms with van der Waals surface area (Å²) in [5.41, 5.74) is 6.46. The molecule has 16 heavy (non-hydrogen) atoms. The van der Waals surface area contributed by atoms with Gasteiger partial charge in [-0.2, -0.15) is 11.8 Å². The number of hydrogen-bond donors (Lipinski definition) is 1. The number of hydrogen-bond acceptors (Lipinski definition) is 2. The van der Waals surface area contributed by atoms with Gasteiger partial charge in [0.15, 0.2) is 0 Å². The van der Waals surface area contributed by atoms with Crippen LogP contribution in [0.4, 0.5) is 0 Å². The summed E-state index contributed by atoms with van der Waals surface area (Å²) in [5.74, 6) is 1.28. The third-order valence-electron chi connectivity index (χ3n) is 2.34. The summed E-state index contributed by atoms with van der Waals surface area (Å²) in [6, 6.07) is 10.5. The van der Waals surface area contributed by atoms with Gasteiger partial charge in [-0.1, -0.05) is 36.8 Å². The first kappa shape index (κ1) is 13.1. The molecule has 2 N–H and O–H groups in total. The lowest BCUT2D eigenvalue weighted by Gasteiger charge is -2.01. The fourth-order valence-corrected chi connectivity index (χ4v) is 2.28. The van der Waals surface area contributed by atoms with Gasteiger partial charge in [0, 0.05) is 0 Å². The standard InChI is InChI=1S/C13H19NOS/c14-13(15)11-16-10-6-2-5-9-12-7-3-1-4-8-12/h1,3-4,7-8H,2,5-6,9-11H2,(H2,14,15). The van der Waals surface area contributed by atoms with Crippen LogP contribution < -0.4 is 5.73 Å². The van der Waals surface area contributed by atoms with E-state index < -0.39 is 0 Å². The van der Waals surface area contributed by atoms with Crippen molar-refractivity contribution in [1.29, 1.82) is 0 Å². The SMILES string of the molecule is NC(=O)CSCCCCCc1ccccc1. The minimum Gasteiger partial charge on any atom is -0.369 e. The Morgan fingerprint density at radius 3 is 2.56 bits per heavy atom. The molecule has 3 heteroatoms. The Morgan fingerprint density at radius 1 is 1.12 bits per heavy atom. The van der Waals surface area contributed by atoms with E-state index in [2.05, 4.69) is 24.3 Å². The van der Waals surface area contributed by atoms with Crippen molar-refractivity contribution >= 4 is 17.7 Å². The highest BCUT2D eigenvalue weighted by Gasteiger charge is 1.95. The summed E-state index contributed by atoms with van der Waals surface area (Å²) in [6.07, 6.45) is 4.77. The van der Waals surface area contributed by atoms with E-state index in [1.807, 2.05) is 6.07 Å². The van der Waals surface area contributed by atoms with Gasteiger partial charge < -0.3 is 5.73 Å². The molecular formula is C13H19NOS. The monoisotopic (exact) mass is 237 g/mol. The average Bonchev–Trinajstić information content (AvgIpc) is 2.29. The van der Waals surface area contributed by atoms with Gasteiger partial charge in [0.2, 0.25) is 5.91 Å². The van der Waals surface area contributed by atoms with Gasteiger partial charge in [-0.3, -0.25) is 4.79 Å².